The summed E-state index contributed by atoms with van der Waals surface area (Å²) in [6, 6.07) is 8.16. The summed E-state index contributed by atoms with van der Waals surface area (Å²) in [6.45, 7) is 4.08. The Labute approximate surface area is 144 Å². The third kappa shape index (κ3) is 6.59. The quantitative estimate of drug-likeness (QED) is 0.657. The molecule has 0 aliphatic carbocycles. The molecule has 0 bridgehead atoms. The van der Waals surface area contributed by atoms with Gasteiger partial charge in [0.1, 0.15) is 0 Å². The van der Waals surface area contributed by atoms with Crippen molar-refractivity contribution in [3.05, 3.63) is 30.3 Å². The predicted molar refractivity (Wildman–Crippen MR) is 94.2 cm³/mol. The minimum atomic E-state index is -3.53. The molecule has 1 aliphatic heterocycles. The topological polar surface area (TPSA) is 78.5 Å². The zero-order valence-electron chi connectivity index (χ0n) is 14.0. The average Bonchev–Trinajstić information content (AvgIpc) is 2.60. The van der Waals surface area contributed by atoms with Crippen LogP contribution in [0.2, 0.25) is 0 Å². The van der Waals surface area contributed by atoms with Gasteiger partial charge < -0.3 is 10.2 Å². The highest BCUT2D eigenvalue weighted by atomic mass is 32.2. The van der Waals surface area contributed by atoms with Crippen LogP contribution in [0.5, 0.6) is 0 Å². The number of piperidine rings is 1. The number of sulfonamides is 1. The third-order valence-electron chi connectivity index (χ3n) is 4.12. The first-order valence-electron chi connectivity index (χ1n) is 8.62. The lowest BCUT2D eigenvalue weighted by Gasteiger charge is -2.26. The van der Waals surface area contributed by atoms with Crippen LogP contribution in [0.3, 0.4) is 0 Å². The first-order valence-corrected chi connectivity index (χ1v) is 10.1. The molecule has 1 heterocycles. The number of nitrogens with one attached hydrogen (secondary N) is 2. The minimum Gasteiger partial charge on any atom is -0.356 e. The molecule has 1 amide bonds. The summed E-state index contributed by atoms with van der Waals surface area (Å²) in [5.74, 6) is -0.121. The number of hydrogen-bond acceptors (Lipinski definition) is 4. The molecular formula is C17H27N3O3S. The molecule has 1 aromatic carbocycles. The summed E-state index contributed by atoms with van der Waals surface area (Å²) in [6.07, 6.45) is 4.95. The normalized spacial score (nSPS) is 16.0. The van der Waals surface area contributed by atoms with E-state index < -0.39 is 10.0 Å². The van der Waals surface area contributed by atoms with E-state index in [2.05, 4.69) is 14.9 Å². The van der Waals surface area contributed by atoms with Gasteiger partial charge in [-0.25, -0.2) is 13.1 Å². The van der Waals surface area contributed by atoms with Gasteiger partial charge in [0.2, 0.25) is 15.9 Å². The molecule has 0 saturated carbocycles. The summed E-state index contributed by atoms with van der Waals surface area (Å²) in [5.41, 5.74) is 0. The number of hydrogen-bond donors (Lipinski definition) is 2. The molecule has 1 fully saturated rings. The van der Waals surface area contributed by atoms with Crippen LogP contribution < -0.4 is 10.0 Å². The molecule has 0 radical (unpaired) electrons. The molecule has 1 aromatic rings. The van der Waals surface area contributed by atoms with Gasteiger partial charge in [0.05, 0.1) is 4.90 Å². The number of rotatable bonds is 9. The summed E-state index contributed by atoms with van der Waals surface area (Å²) < 4.78 is 26.5. The lowest BCUT2D eigenvalue weighted by Crippen LogP contribution is -2.34. The zero-order chi connectivity index (χ0) is 17.3. The van der Waals surface area contributed by atoms with Gasteiger partial charge in [0.25, 0.3) is 0 Å². The Morgan fingerprint density at radius 1 is 1.04 bits per heavy atom. The van der Waals surface area contributed by atoms with Crippen molar-refractivity contribution in [3.8, 4) is 0 Å². The van der Waals surface area contributed by atoms with E-state index in [1.165, 1.54) is 31.4 Å². The Morgan fingerprint density at radius 2 is 1.75 bits per heavy atom. The molecule has 1 saturated heterocycles. The van der Waals surface area contributed by atoms with Crippen LogP contribution in [0.15, 0.2) is 35.2 Å². The molecule has 2 N–H and O–H groups in total. The SMILES string of the molecule is O=C(CCNS(=O)(=O)c1ccccc1)NCCCN1CCCCC1. The second kappa shape index (κ2) is 9.76. The first-order chi connectivity index (χ1) is 11.6. The fourth-order valence-corrected chi connectivity index (χ4v) is 3.84. The Bertz CT molecular complexity index is 599. The molecular weight excluding hydrogens is 326 g/mol. The maximum atomic E-state index is 12.0. The van der Waals surface area contributed by atoms with Crippen molar-refractivity contribution in [2.75, 3.05) is 32.7 Å². The van der Waals surface area contributed by atoms with E-state index >= 15 is 0 Å². The van der Waals surface area contributed by atoms with Crippen molar-refractivity contribution in [1.29, 1.82) is 0 Å². The molecule has 1 aliphatic rings. The second-order valence-electron chi connectivity index (χ2n) is 6.07. The van der Waals surface area contributed by atoms with Gasteiger partial charge in [0, 0.05) is 19.5 Å². The lowest BCUT2D eigenvalue weighted by atomic mass is 10.1. The van der Waals surface area contributed by atoms with Gasteiger partial charge in [-0.1, -0.05) is 24.6 Å². The molecule has 134 valence electrons. The Morgan fingerprint density at radius 3 is 2.46 bits per heavy atom. The van der Waals surface area contributed by atoms with Crippen LogP contribution in [0.1, 0.15) is 32.1 Å². The van der Waals surface area contributed by atoms with Crippen molar-refractivity contribution >= 4 is 15.9 Å². The van der Waals surface area contributed by atoms with E-state index in [0.717, 1.165) is 26.1 Å². The number of nitrogens with zero attached hydrogens (tertiary/aromatic N) is 1. The van der Waals surface area contributed by atoms with Crippen LogP contribution in [0, 0.1) is 0 Å². The lowest BCUT2D eigenvalue weighted by molar-refractivity contribution is -0.120. The predicted octanol–water partition coefficient (Wildman–Crippen LogP) is 1.35. The van der Waals surface area contributed by atoms with Crippen molar-refractivity contribution in [1.82, 2.24) is 14.9 Å². The summed E-state index contributed by atoms with van der Waals surface area (Å²) >= 11 is 0. The van der Waals surface area contributed by atoms with E-state index in [1.54, 1.807) is 18.2 Å². The molecule has 2 rings (SSSR count). The summed E-state index contributed by atoms with van der Waals surface area (Å²) in [5, 5.41) is 2.85. The maximum absolute atomic E-state index is 12.0. The van der Waals surface area contributed by atoms with Gasteiger partial charge in [-0.3, -0.25) is 4.79 Å². The van der Waals surface area contributed by atoms with E-state index in [4.69, 9.17) is 0 Å². The van der Waals surface area contributed by atoms with E-state index in [1.807, 2.05) is 0 Å². The van der Waals surface area contributed by atoms with Crippen LogP contribution in [-0.2, 0) is 14.8 Å². The monoisotopic (exact) mass is 353 g/mol. The molecule has 24 heavy (non-hydrogen) atoms. The Hall–Kier alpha value is -1.44. The fourth-order valence-electron chi connectivity index (χ4n) is 2.78. The summed E-state index contributed by atoms with van der Waals surface area (Å²) in [4.78, 5) is 14.4. The zero-order valence-corrected chi connectivity index (χ0v) is 14.9. The molecule has 0 atom stereocenters. The molecule has 7 heteroatoms. The van der Waals surface area contributed by atoms with Crippen molar-refractivity contribution < 1.29 is 13.2 Å². The van der Waals surface area contributed by atoms with Crippen LogP contribution >= 0.6 is 0 Å². The molecule has 0 aromatic heterocycles. The Kier molecular flexibility index (Phi) is 7.68. The van der Waals surface area contributed by atoms with Crippen molar-refractivity contribution in [2.45, 2.75) is 37.0 Å². The maximum Gasteiger partial charge on any atom is 0.240 e. The summed E-state index contributed by atoms with van der Waals surface area (Å²) in [7, 11) is -3.53. The van der Waals surface area contributed by atoms with Gasteiger partial charge in [0.15, 0.2) is 0 Å². The second-order valence-corrected chi connectivity index (χ2v) is 7.83. The van der Waals surface area contributed by atoms with Gasteiger partial charge in [-0.15, -0.1) is 0 Å². The number of carbonyl (C=O) groups is 1. The molecule has 0 spiro atoms. The highest BCUT2D eigenvalue weighted by Crippen LogP contribution is 2.08. The minimum absolute atomic E-state index is 0.106. The van der Waals surface area contributed by atoms with Crippen molar-refractivity contribution in [3.63, 3.8) is 0 Å². The highest BCUT2D eigenvalue weighted by Gasteiger charge is 2.13. The number of likely N-dealkylation sites (tertiary alicyclic amines) is 1. The van der Waals surface area contributed by atoms with Gasteiger partial charge in [-0.05, 0) is 51.0 Å². The Balaban J connectivity index is 1.58. The van der Waals surface area contributed by atoms with E-state index in [0.29, 0.717) is 6.54 Å². The molecule has 6 nitrogen and oxygen atoms in total. The van der Waals surface area contributed by atoms with Gasteiger partial charge in [-0.2, -0.15) is 0 Å². The fraction of sp³-hybridized carbons (Fsp3) is 0.588. The number of benzene rings is 1. The number of carbonyl (C=O) groups excluding carboxylic acids is 1. The van der Waals surface area contributed by atoms with Crippen molar-refractivity contribution in [2.24, 2.45) is 0 Å². The smallest absolute Gasteiger partial charge is 0.240 e. The first kappa shape index (κ1) is 18.9. The third-order valence-corrected chi connectivity index (χ3v) is 5.60. The van der Waals surface area contributed by atoms with Crippen LogP contribution in [0.25, 0.3) is 0 Å². The van der Waals surface area contributed by atoms with Crippen LogP contribution in [-0.4, -0.2) is 51.9 Å². The molecule has 0 unspecified atom stereocenters. The largest absolute Gasteiger partial charge is 0.356 e. The highest BCUT2D eigenvalue weighted by molar-refractivity contribution is 7.89. The van der Waals surface area contributed by atoms with Gasteiger partial charge >= 0.3 is 0 Å². The number of amides is 1. The standard InChI is InChI=1S/C17H27N3O3S/c21-17(18-11-7-15-20-13-5-2-6-14-20)10-12-19-24(22,23)16-8-3-1-4-9-16/h1,3-4,8-9,19H,2,5-7,10-15H2,(H,18,21). The van der Waals surface area contributed by atoms with Crippen LogP contribution in [0.4, 0.5) is 0 Å². The van der Waals surface area contributed by atoms with E-state index in [9.17, 15) is 13.2 Å². The average molecular weight is 353 g/mol. The van der Waals surface area contributed by atoms with E-state index in [-0.39, 0.29) is 23.8 Å².